The predicted octanol–water partition coefficient (Wildman–Crippen LogP) is -5.61. The predicted molar refractivity (Wildman–Crippen MR) is 13.6 cm³/mol. The van der Waals surface area contributed by atoms with Crippen molar-refractivity contribution >= 4 is 7.81 Å². The molecule has 0 aliphatic heterocycles. The van der Waals surface area contributed by atoms with Crippen molar-refractivity contribution in [3.8, 4) is 0 Å². The van der Waals surface area contributed by atoms with E-state index in [-0.39, 0.29) is 42.4 Å². The molecule has 0 nitrogen and oxygen atoms in total. The van der Waals surface area contributed by atoms with Gasteiger partial charge in [-0.2, -0.15) is 0 Å². The van der Waals surface area contributed by atoms with Crippen LogP contribution in [0.5, 0.6) is 0 Å². The Labute approximate surface area is 75.7 Å². The summed E-state index contributed by atoms with van der Waals surface area (Å²) in [7, 11) is -10.7. The second-order valence-corrected chi connectivity index (χ2v) is 2.87. The van der Waals surface area contributed by atoms with Crippen molar-refractivity contribution in [3.05, 3.63) is 0 Å². The van der Waals surface area contributed by atoms with E-state index in [0.717, 1.165) is 0 Å². The molecular weight excluding hydrogens is 178 g/mol. The van der Waals surface area contributed by atoms with Crippen molar-refractivity contribution in [1.29, 1.82) is 0 Å². The Hall–Kier alpha value is 1.13. The molecule has 0 unspecified atom stereocenters. The van der Waals surface area contributed by atoms with E-state index >= 15 is 0 Å². The Morgan fingerprint density at radius 2 is 0.600 bits per heavy atom. The third-order valence-electron chi connectivity index (χ3n) is 0. The van der Waals surface area contributed by atoms with Gasteiger partial charge in [-0.1, -0.05) is 0 Å². The van der Waals surface area contributed by atoms with Gasteiger partial charge in [0.25, 0.3) is 0 Å². The first-order chi connectivity index (χ1) is 2.45. The fourth-order valence-corrected chi connectivity index (χ4v) is 0. The van der Waals surface area contributed by atoms with Crippen LogP contribution in [-0.2, 0) is 0 Å². The Bertz CT molecular complexity index is 70.2. The van der Waals surface area contributed by atoms with Gasteiger partial charge in [0.15, 0.2) is 0 Å². The number of hydrogen-bond acceptors (Lipinski definition) is 0. The molecule has 0 aromatic heterocycles. The monoisotopic (exact) mass is 178 g/mol. The molecule has 0 aliphatic rings. The first-order valence-electron chi connectivity index (χ1n) is 1.01. The van der Waals surface area contributed by atoms with E-state index in [9.17, 15) is 25.2 Å². The molecule has 0 spiro atoms. The molecule has 0 rings (SSSR count). The maximum atomic E-state index is 9.87. The zero-order valence-electron chi connectivity index (χ0n) is 5.09. The molecular formula is F7Li2P. The molecule has 0 N–H and O–H groups in total. The maximum absolute atomic E-state index is 10.7. The summed E-state index contributed by atoms with van der Waals surface area (Å²) in [6, 6.07) is 0. The standard InChI is InChI=1S/F6P.FH.2Li/c1-7(2,3,4,5)6;;;/h;1H;;/q-1;;2*+1/p-1. The summed E-state index contributed by atoms with van der Waals surface area (Å²) < 4.78 is 59.2. The quantitative estimate of drug-likeness (QED) is 0.197. The summed E-state index contributed by atoms with van der Waals surface area (Å²) in [4.78, 5) is 0. The van der Waals surface area contributed by atoms with Crippen molar-refractivity contribution in [2.75, 3.05) is 0 Å². The van der Waals surface area contributed by atoms with E-state index in [2.05, 4.69) is 0 Å². The SMILES string of the molecule is F[P-](F)(F)(F)(F)F.[F-].[Li+].[Li+]. The molecule has 0 fully saturated rings. The molecule has 0 amide bonds. The molecule has 10 heavy (non-hydrogen) atoms. The topological polar surface area (TPSA) is 0 Å². The van der Waals surface area contributed by atoms with Gasteiger partial charge < -0.3 is 4.70 Å². The fourth-order valence-electron chi connectivity index (χ4n) is 0. The van der Waals surface area contributed by atoms with E-state index in [1.165, 1.54) is 0 Å². The molecule has 0 heterocycles. The van der Waals surface area contributed by atoms with Crippen LogP contribution in [0.4, 0.5) is 25.2 Å². The minimum Gasteiger partial charge on any atom is -1.00 e. The summed E-state index contributed by atoms with van der Waals surface area (Å²) in [5, 5.41) is 0. The zero-order valence-corrected chi connectivity index (χ0v) is 5.99. The van der Waals surface area contributed by atoms with Gasteiger partial charge in [0.2, 0.25) is 0 Å². The average molecular weight is 178 g/mol. The minimum atomic E-state index is -10.7. The summed E-state index contributed by atoms with van der Waals surface area (Å²) in [6.07, 6.45) is 0. The summed E-state index contributed by atoms with van der Waals surface area (Å²) >= 11 is 0. The smallest absolute Gasteiger partial charge is 1.00 e. The molecule has 0 radical (unpaired) electrons. The minimum absolute atomic E-state index is 0. The normalized spacial score (nSPS) is 16.2. The van der Waals surface area contributed by atoms with E-state index < -0.39 is 7.81 Å². The van der Waals surface area contributed by atoms with Crippen molar-refractivity contribution < 1.29 is 67.6 Å². The molecule has 0 saturated heterocycles. The molecule has 0 aromatic rings. The van der Waals surface area contributed by atoms with Crippen LogP contribution >= 0.6 is 7.81 Å². The fraction of sp³-hybridized carbons (Fsp3) is 0. The molecule has 56 valence electrons. The van der Waals surface area contributed by atoms with Gasteiger partial charge in [-0.25, -0.2) is 0 Å². The molecule has 0 saturated carbocycles. The Kier molecular flexibility index (Phi) is 7.30. The van der Waals surface area contributed by atoms with Crippen LogP contribution in [0.1, 0.15) is 0 Å². The maximum Gasteiger partial charge on any atom is 1.00 e. The van der Waals surface area contributed by atoms with Crippen LogP contribution in [0, 0.1) is 0 Å². The van der Waals surface area contributed by atoms with Crippen LogP contribution in [0.25, 0.3) is 0 Å². The number of rotatable bonds is 0. The van der Waals surface area contributed by atoms with E-state index in [1.807, 2.05) is 0 Å². The van der Waals surface area contributed by atoms with Gasteiger partial charge in [-0.15, -0.1) is 0 Å². The van der Waals surface area contributed by atoms with Crippen LogP contribution in [0.3, 0.4) is 0 Å². The number of halogens is 7. The van der Waals surface area contributed by atoms with Gasteiger partial charge in [0.1, 0.15) is 0 Å². The molecule has 0 aliphatic carbocycles. The second kappa shape index (κ2) is 3.25. The van der Waals surface area contributed by atoms with Gasteiger partial charge in [0, 0.05) is 0 Å². The van der Waals surface area contributed by atoms with Crippen molar-refractivity contribution in [3.63, 3.8) is 0 Å². The van der Waals surface area contributed by atoms with Crippen molar-refractivity contribution in [1.82, 2.24) is 0 Å². The van der Waals surface area contributed by atoms with E-state index in [0.29, 0.717) is 0 Å². The molecule has 0 bridgehead atoms. The third kappa shape index (κ3) is 469. The second-order valence-electron chi connectivity index (χ2n) is 0.958. The van der Waals surface area contributed by atoms with Crippen LogP contribution < -0.4 is 42.4 Å². The third-order valence-corrected chi connectivity index (χ3v) is 0. The average Bonchev–Trinajstić information content (AvgIpc) is 0.592. The van der Waals surface area contributed by atoms with Crippen molar-refractivity contribution in [2.24, 2.45) is 0 Å². The molecule has 0 aromatic carbocycles. The zero-order chi connectivity index (χ0) is 6.41. The first kappa shape index (κ1) is 22.5. The van der Waals surface area contributed by atoms with E-state index in [4.69, 9.17) is 0 Å². The van der Waals surface area contributed by atoms with E-state index in [1.54, 1.807) is 0 Å². The summed E-state index contributed by atoms with van der Waals surface area (Å²) in [5.41, 5.74) is 0. The van der Waals surface area contributed by atoms with Crippen LogP contribution in [0.2, 0.25) is 0 Å². The van der Waals surface area contributed by atoms with Gasteiger partial charge in [-0.3, -0.25) is 0 Å². The first-order valence-corrected chi connectivity index (χ1v) is 3.04. The largest absolute Gasteiger partial charge is 1.00 e. The Morgan fingerprint density at radius 3 is 0.600 bits per heavy atom. The molecule has 0 atom stereocenters. The number of hydrogen-bond donors (Lipinski definition) is 0. The Balaban J connectivity index is -0.0000000600. The molecule has 10 heteroatoms. The summed E-state index contributed by atoms with van der Waals surface area (Å²) in [6.45, 7) is 0. The summed E-state index contributed by atoms with van der Waals surface area (Å²) in [5.74, 6) is 0. The Morgan fingerprint density at radius 1 is 0.600 bits per heavy atom. The van der Waals surface area contributed by atoms with Crippen molar-refractivity contribution in [2.45, 2.75) is 0 Å². The van der Waals surface area contributed by atoms with Gasteiger partial charge in [0.05, 0.1) is 0 Å². The van der Waals surface area contributed by atoms with Gasteiger partial charge >= 0.3 is 70.7 Å². The van der Waals surface area contributed by atoms with Crippen LogP contribution in [0.15, 0.2) is 0 Å². The van der Waals surface area contributed by atoms with Crippen LogP contribution in [-0.4, -0.2) is 0 Å². The van der Waals surface area contributed by atoms with Gasteiger partial charge in [-0.05, 0) is 0 Å².